The van der Waals surface area contributed by atoms with Crippen molar-refractivity contribution in [3.8, 4) is 11.1 Å². The highest BCUT2D eigenvalue weighted by Gasteiger charge is 2.41. The predicted molar refractivity (Wildman–Crippen MR) is 113 cm³/mol. The molecule has 1 amide bonds. The van der Waals surface area contributed by atoms with Crippen LogP contribution in [0.3, 0.4) is 0 Å². The van der Waals surface area contributed by atoms with Gasteiger partial charge in [0.25, 0.3) is 10.2 Å². The van der Waals surface area contributed by atoms with Crippen LogP contribution in [0.5, 0.6) is 0 Å². The van der Waals surface area contributed by atoms with Crippen molar-refractivity contribution in [2.24, 2.45) is 0 Å². The number of carbonyl (C=O) groups excluding carboxylic acids is 1. The lowest BCUT2D eigenvalue weighted by molar-refractivity contribution is -0.120. The maximum absolute atomic E-state index is 13.4. The first kappa shape index (κ1) is 20.9. The first-order valence-corrected chi connectivity index (χ1v) is 11.5. The second-order valence-electron chi connectivity index (χ2n) is 6.79. The summed E-state index contributed by atoms with van der Waals surface area (Å²) >= 11 is 7.16. The molecule has 2 aromatic heterocycles. The molecule has 30 heavy (non-hydrogen) atoms. The number of likely N-dealkylation sites (N-methyl/N-ethyl adjacent to an activating group) is 1. The fourth-order valence-electron chi connectivity index (χ4n) is 3.19. The number of hydrogen-bond acceptors (Lipinski definition) is 5. The first-order valence-electron chi connectivity index (χ1n) is 8.83. The van der Waals surface area contributed by atoms with E-state index in [2.05, 4.69) is 20.2 Å². The number of nitrogens with one attached hydrogen (secondary N) is 3. The van der Waals surface area contributed by atoms with Crippen LogP contribution in [0, 0.1) is 5.82 Å². The van der Waals surface area contributed by atoms with Crippen LogP contribution >= 0.6 is 22.9 Å². The number of aromatic amines is 1. The SMILES string of the molecule is CN1[C@H](C(=O)Nc2ccc(F)c(Cl)c2)C[C@H](c2cc(-c3cn[nH]c3)cs2)NS1(=O)=O. The maximum atomic E-state index is 13.4. The summed E-state index contributed by atoms with van der Waals surface area (Å²) in [5.74, 6) is -1.13. The molecule has 0 aliphatic carbocycles. The van der Waals surface area contributed by atoms with Gasteiger partial charge in [-0.1, -0.05) is 11.6 Å². The molecule has 3 heterocycles. The van der Waals surface area contributed by atoms with Crippen molar-refractivity contribution in [2.75, 3.05) is 12.4 Å². The van der Waals surface area contributed by atoms with Gasteiger partial charge in [-0.15, -0.1) is 11.3 Å². The van der Waals surface area contributed by atoms with Gasteiger partial charge in [0.2, 0.25) is 5.91 Å². The zero-order valence-corrected chi connectivity index (χ0v) is 18.0. The monoisotopic (exact) mass is 469 g/mol. The predicted octanol–water partition coefficient (Wildman–Crippen LogP) is 3.15. The molecule has 1 aliphatic heterocycles. The highest BCUT2D eigenvalue weighted by Crippen LogP contribution is 2.35. The van der Waals surface area contributed by atoms with E-state index in [-0.39, 0.29) is 17.1 Å². The summed E-state index contributed by atoms with van der Waals surface area (Å²) in [4.78, 5) is 13.6. The van der Waals surface area contributed by atoms with Crippen LogP contribution in [0.4, 0.5) is 10.1 Å². The minimum Gasteiger partial charge on any atom is -0.325 e. The molecule has 4 rings (SSSR count). The molecule has 0 bridgehead atoms. The summed E-state index contributed by atoms with van der Waals surface area (Å²) in [6.45, 7) is 0. The molecule has 1 aliphatic rings. The van der Waals surface area contributed by atoms with E-state index >= 15 is 0 Å². The van der Waals surface area contributed by atoms with E-state index in [0.29, 0.717) is 0 Å². The molecular weight excluding hydrogens is 453 g/mol. The molecule has 0 unspecified atom stereocenters. The molecule has 158 valence electrons. The minimum absolute atomic E-state index is 0.137. The van der Waals surface area contributed by atoms with Gasteiger partial charge in [-0.2, -0.15) is 22.5 Å². The van der Waals surface area contributed by atoms with Gasteiger partial charge < -0.3 is 5.32 Å². The third-order valence-corrected chi connectivity index (χ3v) is 7.78. The van der Waals surface area contributed by atoms with E-state index in [9.17, 15) is 17.6 Å². The van der Waals surface area contributed by atoms with Crippen molar-refractivity contribution in [2.45, 2.75) is 18.5 Å². The summed E-state index contributed by atoms with van der Waals surface area (Å²) in [5, 5.41) is 11.0. The zero-order chi connectivity index (χ0) is 21.5. The molecule has 12 heteroatoms. The molecule has 1 aromatic carbocycles. The standard InChI is InChI=1S/C18H17ClFN5O3S2/c1-25-16(18(26)23-12-2-3-14(20)13(19)5-12)6-15(24-30(25,27)28)17-4-10(9-29-17)11-7-21-22-8-11/h2-5,7-9,15-16,24H,6H2,1H3,(H,21,22)(H,23,26)/t15-,16+/m1/s1. The number of halogens is 2. The van der Waals surface area contributed by atoms with E-state index in [1.54, 1.807) is 12.4 Å². The van der Waals surface area contributed by atoms with Gasteiger partial charge in [0, 0.05) is 29.4 Å². The molecule has 0 radical (unpaired) electrons. The van der Waals surface area contributed by atoms with Gasteiger partial charge in [0.1, 0.15) is 11.9 Å². The Balaban J connectivity index is 1.57. The Labute approximate surface area is 181 Å². The van der Waals surface area contributed by atoms with E-state index < -0.39 is 34.0 Å². The number of thiophene rings is 1. The largest absolute Gasteiger partial charge is 0.325 e. The van der Waals surface area contributed by atoms with Crippen LogP contribution in [-0.4, -0.2) is 41.9 Å². The van der Waals surface area contributed by atoms with Gasteiger partial charge in [-0.05, 0) is 41.6 Å². The number of rotatable bonds is 4. The van der Waals surface area contributed by atoms with Crippen LogP contribution in [0.2, 0.25) is 5.02 Å². The Morgan fingerprint density at radius 1 is 1.37 bits per heavy atom. The van der Waals surface area contributed by atoms with Crippen molar-refractivity contribution in [3.05, 3.63) is 57.8 Å². The summed E-state index contributed by atoms with van der Waals surface area (Å²) in [7, 11) is -2.54. The summed E-state index contributed by atoms with van der Waals surface area (Å²) in [6, 6.07) is 4.13. The Bertz CT molecular complexity index is 1180. The lowest BCUT2D eigenvalue weighted by atomic mass is 10.0. The summed E-state index contributed by atoms with van der Waals surface area (Å²) in [5.41, 5.74) is 2.07. The number of aromatic nitrogens is 2. The zero-order valence-electron chi connectivity index (χ0n) is 15.6. The molecular formula is C18H17ClFN5O3S2. The fourth-order valence-corrected chi connectivity index (χ4v) is 5.69. The lowest BCUT2D eigenvalue weighted by Gasteiger charge is -2.35. The van der Waals surface area contributed by atoms with Crippen molar-refractivity contribution in [1.82, 2.24) is 19.2 Å². The van der Waals surface area contributed by atoms with Crippen LogP contribution in [0.1, 0.15) is 17.3 Å². The Hall–Kier alpha value is -2.31. The normalized spacial score (nSPS) is 21.4. The fraction of sp³-hybridized carbons (Fsp3) is 0.222. The number of carbonyl (C=O) groups is 1. The topological polar surface area (TPSA) is 107 Å². The van der Waals surface area contributed by atoms with Gasteiger partial charge in [0.15, 0.2) is 0 Å². The molecule has 0 spiro atoms. The molecule has 1 fully saturated rings. The number of H-pyrrole nitrogens is 1. The van der Waals surface area contributed by atoms with E-state index in [4.69, 9.17) is 11.6 Å². The first-order chi connectivity index (χ1) is 14.2. The van der Waals surface area contributed by atoms with E-state index in [1.807, 2.05) is 11.4 Å². The minimum atomic E-state index is -3.88. The van der Waals surface area contributed by atoms with E-state index in [1.165, 1.54) is 30.5 Å². The number of hydrogen-bond donors (Lipinski definition) is 3. The van der Waals surface area contributed by atoms with Crippen molar-refractivity contribution in [3.63, 3.8) is 0 Å². The highest BCUT2D eigenvalue weighted by molar-refractivity contribution is 7.87. The maximum Gasteiger partial charge on any atom is 0.280 e. The second-order valence-corrected chi connectivity index (χ2v) is 9.90. The Morgan fingerprint density at radius 2 is 2.17 bits per heavy atom. The second kappa shape index (κ2) is 8.08. The quantitative estimate of drug-likeness (QED) is 0.545. The van der Waals surface area contributed by atoms with Crippen LogP contribution in [0.15, 0.2) is 42.0 Å². The molecule has 3 aromatic rings. The highest BCUT2D eigenvalue weighted by atomic mass is 35.5. The van der Waals surface area contributed by atoms with Crippen LogP contribution in [-0.2, 0) is 15.0 Å². The van der Waals surface area contributed by atoms with Gasteiger partial charge >= 0.3 is 0 Å². The Kier molecular flexibility index (Phi) is 5.64. The smallest absolute Gasteiger partial charge is 0.280 e. The number of amides is 1. The molecule has 0 saturated carbocycles. The molecule has 2 atom stereocenters. The Morgan fingerprint density at radius 3 is 2.87 bits per heavy atom. The number of anilines is 1. The molecule has 3 N–H and O–H groups in total. The number of benzene rings is 1. The molecule has 8 nitrogen and oxygen atoms in total. The average molecular weight is 470 g/mol. The lowest BCUT2D eigenvalue weighted by Crippen LogP contribution is -2.55. The summed E-state index contributed by atoms with van der Waals surface area (Å²) < 4.78 is 42.2. The van der Waals surface area contributed by atoms with E-state index in [0.717, 1.165) is 26.4 Å². The van der Waals surface area contributed by atoms with Gasteiger partial charge in [0.05, 0.1) is 17.3 Å². The number of nitrogens with zero attached hydrogens (tertiary/aromatic N) is 2. The van der Waals surface area contributed by atoms with Gasteiger partial charge in [-0.3, -0.25) is 9.89 Å². The third kappa shape index (κ3) is 4.12. The van der Waals surface area contributed by atoms with Crippen molar-refractivity contribution >= 4 is 44.7 Å². The van der Waals surface area contributed by atoms with Crippen LogP contribution in [0.25, 0.3) is 11.1 Å². The van der Waals surface area contributed by atoms with Crippen molar-refractivity contribution in [1.29, 1.82) is 0 Å². The van der Waals surface area contributed by atoms with Gasteiger partial charge in [-0.25, -0.2) is 4.39 Å². The van der Waals surface area contributed by atoms with Crippen LogP contribution < -0.4 is 10.0 Å². The third-order valence-electron chi connectivity index (χ3n) is 4.85. The summed E-state index contributed by atoms with van der Waals surface area (Å²) in [6.07, 6.45) is 3.64. The van der Waals surface area contributed by atoms with Crippen molar-refractivity contribution < 1.29 is 17.6 Å². The molecule has 1 saturated heterocycles. The average Bonchev–Trinajstić information content (AvgIpc) is 3.38.